The van der Waals surface area contributed by atoms with E-state index in [0.717, 1.165) is 5.56 Å². The summed E-state index contributed by atoms with van der Waals surface area (Å²) in [6, 6.07) is 7.95. The van der Waals surface area contributed by atoms with Crippen molar-refractivity contribution in [2.24, 2.45) is 0 Å². The summed E-state index contributed by atoms with van der Waals surface area (Å²) in [5, 5.41) is -0.0812. The number of benzene rings is 2. The summed E-state index contributed by atoms with van der Waals surface area (Å²) in [4.78, 5) is 0. The first-order valence-corrected chi connectivity index (χ1v) is 7.59. The molecule has 0 radical (unpaired) electrons. The lowest BCUT2D eigenvalue weighted by Gasteiger charge is -2.16. The Kier molecular flexibility index (Phi) is 5.36. The highest BCUT2D eigenvalue weighted by Gasteiger charge is 2.19. The van der Waals surface area contributed by atoms with Crippen LogP contribution in [-0.2, 0) is 0 Å². The Hall–Kier alpha value is -0.970. The normalized spacial score (nSPS) is 12.1. The van der Waals surface area contributed by atoms with Gasteiger partial charge in [0.15, 0.2) is 11.5 Å². The molecule has 2 nitrogen and oxygen atoms in total. The second kappa shape index (κ2) is 6.86. The lowest BCUT2D eigenvalue weighted by atomic mass is 10.0. The first-order chi connectivity index (χ1) is 9.97. The fourth-order valence-electron chi connectivity index (χ4n) is 1.91. The van der Waals surface area contributed by atoms with E-state index < -0.39 is 5.38 Å². The molecular weight excluding hydrogens is 382 g/mol. The lowest BCUT2D eigenvalue weighted by Crippen LogP contribution is -1.98. The van der Waals surface area contributed by atoms with Crippen LogP contribution in [0, 0.1) is 5.82 Å². The van der Waals surface area contributed by atoms with Crippen LogP contribution in [0.1, 0.15) is 16.5 Å². The second-order valence-corrected chi connectivity index (χ2v) is 5.96. The molecule has 0 spiro atoms. The zero-order valence-corrected chi connectivity index (χ0v) is 14.4. The summed E-state index contributed by atoms with van der Waals surface area (Å²) in [5.41, 5.74) is 1.38. The molecule has 0 aliphatic rings. The highest BCUT2D eigenvalue weighted by Crippen LogP contribution is 2.40. The molecule has 0 amide bonds. The molecule has 0 aliphatic heterocycles. The number of methoxy groups -OCH3 is 2. The van der Waals surface area contributed by atoms with Crippen LogP contribution in [0.2, 0.25) is 5.02 Å². The lowest BCUT2D eigenvalue weighted by molar-refractivity contribution is 0.354. The fraction of sp³-hybridized carbons (Fsp3) is 0.200. The average molecular weight is 394 g/mol. The van der Waals surface area contributed by atoms with Crippen molar-refractivity contribution in [2.75, 3.05) is 14.2 Å². The van der Waals surface area contributed by atoms with E-state index in [1.54, 1.807) is 24.3 Å². The topological polar surface area (TPSA) is 18.5 Å². The third kappa shape index (κ3) is 3.44. The first-order valence-electron chi connectivity index (χ1n) is 5.98. The maximum Gasteiger partial charge on any atom is 0.162 e. The maximum absolute atomic E-state index is 13.3. The Bertz CT molecular complexity index is 664. The van der Waals surface area contributed by atoms with Crippen LogP contribution in [0.3, 0.4) is 0 Å². The molecule has 112 valence electrons. The molecule has 0 aromatic heterocycles. The zero-order valence-electron chi connectivity index (χ0n) is 11.3. The number of alkyl halides is 1. The van der Waals surface area contributed by atoms with E-state index in [2.05, 4.69) is 15.9 Å². The molecule has 1 unspecified atom stereocenters. The minimum Gasteiger partial charge on any atom is -0.493 e. The van der Waals surface area contributed by atoms with Crippen molar-refractivity contribution in [3.8, 4) is 11.5 Å². The summed E-state index contributed by atoms with van der Waals surface area (Å²) in [5.74, 6) is 0.708. The van der Waals surface area contributed by atoms with Gasteiger partial charge in [-0.3, -0.25) is 0 Å². The zero-order chi connectivity index (χ0) is 15.6. The van der Waals surface area contributed by atoms with Gasteiger partial charge in [-0.25, -0.2) is 4.39 Å². The van der Waals surface area contributed by atoms with Crippen LogP contribution in [0.15, 0.2) is 34.8 Å². The molecule has 2 aromatic rings. The van der Waals surface area contributed by atoms with Crippen molar-refractivity contribution in [1.29, 1.82) is 0 Å². The quantitative estimate of drug-likeness (QED) is 0.630. The van der Waals surface area contributed by atoms with Crippen LogP contribution in [0.4, 0.5) is 4.39 Å². The molecular formula is C15H12BrCl2FO2. The van der Waals surface area contributed by atoms with Crippen molar-refractivity contribution in [1.82, 2.24) is 0 Å². The second-order valence-electron chi connectivity index (χ2n) is 4.26. The SMILES string of the molecule is COc1cc(Cl)c(C(Cl)c2ccc(F)c(Br)c2)cc1OC. The Balaban J connectivity index is 2.47. The molecule has 0 N–H and O–H groups in total. The van der Waals surface area contributed by atoms with Crippen LogP contribution < -0.4 is 9.47 Å². The largest absolute Gasteiger partial charge is 0.493 e. The Morgan fingerprint density at radius 2 is 1.71 bits per heavy atom. The molecule has 0 heterocycles. The van der Waals surface area contributed by atoms with Gasteiger partial charge in [-0.05, 0) is 45.3 Å². The Labute approximate surface area is 140 Å². The van der Waals surface area contributed by atoms with Gasteiger partial charge in [0, 0.05) is 11.1 Å². The Morgan fingerprint density at radius 3 is 2.29 bits per heavy atom. The smallest absolute Gasteiger partial charge is 0.162 e. The molecule has 0 saturated carbocycles. The van der Waals surface area contributed by atoms with Gasteiger partial charge in [0.2, 0.25) is 0 Å². The van der Waals surface area contributed by atoms with Gasteiger partial charge in [0.1, 0.15) is 5.82 Å². The molecule has 21 heavy (non-hydrogen) atoms. The fourth-order valence-corrected chi connectivity index (χ4v) is 2.95. The van der Waals surface area contributed by atoms with Gasteiger partial charge in [-0.2, -0.15) is 0 Å². The van der Waals surface area contributed by atoms with Gasteiger partial charge >= 0.3 is 0 Å². The highest BCUT2D eigenvalue weighted by atomic mass is 79.9. The summed E-state index contributed by atoms with van der Waals surface area (Å²) >= 11 is 15.9. The molecule has 0 fully saturated rings. The minimum atomic E-state index is -0.533. The van der Waals surface area contributed by atoms with Crippen molar-refractivity contribution in [3.05, 3.63) is 56.8 Å². The molecule has 2 rings (SSSR count). The van der Waals surface area contributed by atoms with Crippen molar-refractivity contribution in [2.45, 2.75) is 5.38 Å². The number of hydrogen-bond acceptors (Lipinski definition) is 2. The van der Waals surface area contributed by atoms with E-state index in [9.17, 15) is 4.39 Å². The number of rotatable bonds is 4. The standard InChI is InChI=1S/C15H12BrCl2FO2/c1-20-13-6-9(11(17)7-14(13)21-2)15(18)8-3-4-12(19)10(16)5-8/h3-7,15H,1-2H3. The number of ether oxygens (including phenoxy) is 2. The van der Waals surface area contributed by atoms with E-state index in [1.165, 1.54) is 20.3 Å². The van der Waals surface area contributed by atoms with Crippen LogP contribution in [-0.4, -0.2) is 14.2 Å². The van der Waals surface area contributed by atoms with Gasteiger partial charge in [0.05, 0.1) is 24.1 Å². The van der Waals surface area contributed by atoms with Crippen molar-refractivity contribution >= 4 is 39.1 Å². The summed E-state index contributed by atoms with van der Waals surface area (Å²) in [7, 11) is 3.07. The van der Waals surface area contributed by atoms with Gasteiger partial charge < -0.3 is 9.47 Å². The van der Waals surface area contributed by atoms with Gasteiger partial charge in [0.25, 0.3) is 0 Å². The molecule has 0 bridgehead atoms. The van der Waals surface area contributed by atoms with Crippen LogP contribution in [0.25, 0.3) is 0 Å². The van der Waals surface area contributed by atoms with Crippen molar-refractivity contribution in [3.63, 3.8) is 0 Å². The van der Waals surface area contributed by atoms with Crippen molar-refractivity contribution < 1.29 is 13.9 Å². The van der Waals surface area contributed by atoms with E-state index in [0.29, 0.717) is 26.6 Å². The predicted molar refractivity (Wildman–Crippen MR) is 86.4 cm³/mol. The monoisotopic (exact) mass is 392 g/mol. The van der Waals surface area contributed by atoms with E-state index in [-0.39, 0.29) is 5.82 Å². The molecule has 2 aromatic carbocycles. The van der Waals surface area contributed by atoms with E-state index >= 15 is 0 Å². The highest BCUT2D eigenvalue weighted by molar-refractivity contribution is 9.10. The molecule has 0 saturated heterocycles. The molecule has 6 heteroatoms. The maximum atomic E-state index is 13.3. The minimum absolute atomic E-state index is 0.346. The third-order valence-electron chi connectivity index (χ3n) is 3.01. The van der Waals surface area contributed by atoms with E-state index in [4.69, 9.17) is 32.7 Å². The van der Waals surface area contributed by atoms with Crippen LogP contribution in [0.5, 0.6) is 11.5 Å². The number of halogens is 4. The first kappa shape index (κ1) is 16.4. The summed E-state index contributed by atoms with van der Waals surface area (Å²) in [6.07, 6.45) is 0. The molecule has 1 atom stereocenters. The summed E-state index contributed by atoms with van der Waals surface area (Å²) in [6.45, 7) is 0. The van der Waals surface area contributed by atoms with Crippen LogP contribution >= 0.6 is 39.1 Å². The van der Waals surface area contributed by atoms with Gasteiger partial charge in [-0.1, -0.05) is 17.7 Å². The van der Waals surface area contributed by atoms with Gasteiger partial charge in [-0.15, -0.1) is 11.6 Å². The predicted octanol–water partition coefficient (Wildman–Crippen LogP) is 5.59. The number of hydrogen-bond donors (Lipinski definition) is 0. The average Bonchev–Trinajstić information content (AvgIpc) is 2.49. The summed E-state index contributed by atoms with van der Waals surface area (Å²) < 4.78 is 24.1. The molecule has 0 aliphatic carbocycles. The third-order valence-corrected chi connectivity index (χ3v) is 4.43. The van der Waals surface area contributed by atoms with E-state index in [1.807, 2.05) is 0 Å². The Morgan fingerprint density at radius 1 is 1.10 bits per heavy atom.